The average molecular weight is 1790 g/mol. The molecule has 31 N–H and O–H groups in total. The molecule has 4 aromatic carbocycles. The fraction of sp³-hybridized carbons (Fsp3) is 0.476. The van der Waals surface area contributed by atoms with Crippen molar-refractivity contribution in [3.05, 3.63) is 114 Å². The van der Waals surface area contributed by atoms with Crippen LogP contribution in [0.1, 0.15) is 121 Å². The quantitative estimate of drug-likeness (QED) is 0.0161. The van der Waals surface area contributed by atoms with Crippen LogP contribution in [0.3, 0.4) is 0 Å². The highest BCUT2D eigenvalue weighted by Crippen LogP contribution is 2.24. The van der Waals surface area contributed by atoms with Crippen LogP contribution in [0.25, 0.3) is 21.7 Å². The molecule has 6 rings (SSSR count). The number of unbranched alkanes of at least 4 members (excludes halogenated alkanes) is 1. The van der Waals surface area contributed by atoms with Crippen LogP contribution >= 0.6 is 11.8 Å². The van der Waals surface area contributed by atoms with Crippen molar-refractivity contribution in [2.24, 2.45) is 40.1 Å². The molecule has 45 heteroatoms. The summed E-state index contributed by atoms with van der Waals surface area (Å²) in [5.41, 5.74) is 38.4. The highest BCUT2D eigenvalue weighted by Gasteiger charge is 2.43. The van der Waals surface area contributed by atoms with Crippen LogP contribution in [-0.2, 0) is 110 Å². The predicted molar refractivity (Wildman–Crippen MR) is 458 cm³/mol. The van der Waals surface area contributed by atoms with Crippen molar-refractivity contribution in [3.8, 4) is 5.75 Å². The molecular formula is C82H113N21O23S. The van der Waals surface area contributed by atoms with Gasteiger partial charge in [0, 0.05) is 74.8 Å². The number of rotatable bonds is 44. The highest BCUT2D eigenvalue weighted by atomic mass is 32.2. The number of aliphatic hydroxyl groups is 2. The van der Waals surface area contributed by atoms with E-state index in [1.807, 2.05) is 0 Å². The molecule has 0 spiro atoms. The van der Waals surface area contributed by atoms with Gasteiger partial charge in [0.15, 0.2) is 0 Å². The maximum atomic E-state index is 15.8. The molecule has 0 radical (unpaired) electrons. The molecule has 0 aliphatic carbocycles. The van der Waals surface area contributed by atoms with Crippen molar-refractivity contribution in [3.63, 3.8) is 0 Å². The number of primary amides is 5. The average Bonchev–Trinajstić information content (AvgIpc) is 1.80. The van der Waals surface area contributed by atoms with Crippen LogP contribution in [0.4, 0.5) is 0 Å². The van der Waals surface area contributed by atoms with Gasteiger partial charge in [-0.1, -0.05) is 72.8 Å². The number of carbonyl (C=O) groups excluding carboxylic acids is 18. The van der Waals surface area contributed by atoms with E-state index in [1.54, 1.807) is 66.7 Å². The lowest BCUT2D eigenvalue weighted by Gasteiger charge is -2.34. The van der Waals surface area contributed by atoms with Gasteiger partial charge in [0.25, 0.3) is 0 Å². The van der Waals surface area contributed by atoms with Crippen molar-refractivity contribution < 1.29 is 111 Å². The van der Waals surface area contributed by atoms with E-state index in [9.17, 15) is 77.6 Å². The minimum atomic E-state index is -2.18. The molecule has 1 fully saturated rings. The van der Waals surface area contributed by atoms with Crippen molar-refractivity contribution in [2.75, 3.05) is 31.2 Å². The maximum Gasteiger partial charge on any atom is 0.303 e. The molecule has 5 aromatic rings. The van der Waals surface area contributed by atoms with Crippen LogP contribution < -0.4 is 114 Å². The van der Waals surface area contributed by atoms with E-state index in [0.29, 0.717) is 38.7 Å². The number of benzene rings is 4. The molecule has 690 valence electrons. The standard InChI is InChI=1S/C82H113N21O23S/c1-41(104)67(91-43(3)106)79(123)94-55-27-32-127-40-61(100-70(114)52(21-24-62(85)107)93-75(119)59(36-48-39-90-51-14-8-7-13-50(48)51)99-80(124)68(42(2)105)102-73(117)53(92-72(55)116)22-25-63(86)108)77(121)96-57(34-44-16-19-49(20-17-44)126-31-30-84)74(118)97-58(35-45-15-18-46-11-5-6-12-47(46)33-45)78(122)103-82(4,28-9-10-29-83)81(125)101-54(23-26-66(111)112)71(115)98-60(38-65(88)110)76(120)95-56(69(89)113)37-64(87)109/h5-8,11-20,33,39,41-42,52-61,67-68,90,104-105H,9-10,21-32,34-38,40,83-84H2,1-4H3,(H2,85,107)(H2,86,108)(H2,87,109)(H2,88,110)(H2,89,113)(H,91,106)(H,92,116)(H,93,119)(H,94,123)(H,95,120)(H,96,121)(H,97,118)(H,98,115)(H,99,124)(H,100,114)(H,101,125)(H,102,117)(H,103,122)(H,111,112)/t41-,42-,52+,53+,54+,55+,56+,57+,58+,59+,60+,61+,67+,68+,82+/m1/s1. The molecule has 15 atom stereocenters. The number of ether oxygens (including phenoxy) is 1. The van der Waals surface area contributed by atoms with Crippen molar-refractivity contribution in [2.45, 2.75) is 214 Å². The third-order valence-corrected chi connectivity index (χ3v) is 21.4. The normalized spacial score (nSPS) is 19.0. The lowest BCUT2D eigenvalue weighted by molar-refractivity contribution is -0.140. The third kappa shape index (κ3) is 33.2. The molecule has 0 saturated carbocycles. The second-order valence-electron chi connectivity index (χ2n) is 30.8. The number of nitrogens with one attached hydrogen (secondary N) is 14. The van der Waals surface area contributed by atoms with Gasteiger partial charge in [-0.05, 0) is 124 Å². The van der Waals surface area contributed by atoms with E-state index in [1.165, 1.54) is 37.4 Å². The zero-order chi connectivity index (χ0) is 93.9. The maximum absolute atomic E-state index is 15.8. The van der Waals surface area contributed by atoms with E-state index in [2.05, 4.69) is 74.1 Å². The summed E-state index contributed by atoms with van der Waals surface area (Å²) in [4.78, 5) is 268. The Morgan fingerprint density at radius 1 is 0.567 bits per heavy atom. The van der Waals surface area contributed by atoms with Gasteiger partial charge >= 0.3 is 5.97 Å². The zero-order valence-corrected chi connectivity index (χ0v) is 71.2. The van der Waals surface area contributed by atoms with E-state index in [0.717, 1.165) is 37.9 Å². The van der Waals surface area contributed by atoms with E-state index in [4.69, 9.17) is 44.9 Å². The number of H-pyrrole nitrogens is 1. The third-order valence-electron chi connectivity index (χ3n) is 20.3. The molecule has 127 heavy (non-hydrogen) atoms. The molecular weight excluding hydrogens is 1680 g/mol. The molecule has 1 aliphatic heterocycles. The van der Waals surface area contributed by atoms with Gasteiger partial charge in [-0.2, -0.15) is 11.8 Å². The molecule has 18 amide bonds. The van der Waals surface area contributed by atoms with Gasteiger partial charge in [-0.25, -0.2) is 0 Å². The second kappa shape index (κ2) is 49.9. The number of aliphatic hydroxyl groups excluding tert-OH is 2. The number of para-hydroxylation sites is 1. The lowest BCUT2D eigenvalue weighted by Crippen LogP contribution is -2.65. The minimum absolute atomic E-state index is 0.0415. The Morgan fingerprint density at radius 3 is 1.73 bits per heavy atom. The number of thioether (sulfide) groups is 1. The van der Waals surface area contributed by atoms with Gasteiger partial charge in [0.1, 0.15) is 90.4 Å². The van der Waals surface area contributed by atoms with Gasteiger partial charge in [0.05, 0.1) is 25.0 Å². The zero-order valence-electron chi connectivity index (χ0n) is 70.4. The summed E-state index contributed by atoms with van der Waals surface area (Å²) in [5, 5.41) is 65.8. The Kier molecular flexibility index (Phi) is 40.3. The number of aromatic amines is 1. The number of fused-ring (bicyclic) bond motifs is 2. The first-order chi connectivity index (χ1) is 60.1. The minimum Gasteiger partial charge on any atom is -0.492 e. The Labute approximate surface area is 732 Å². The van der Waals surface area contributed by atoms with Gasteiger partial charge in [-0.15, -0.1) is 0 Å². The number of hydrogen-bond acceptors (Lipinski definition) is 25. The number of nitrogens with two attached hydrogens (primary N) is 7. The summed E-state index contributed by atoms with van der Waals surface area (Å²) < 4.78 is 5.72. The molecule has 44 nitrogen and oxygen atoms in total. The van der Waals surface area contributed by atoms with Crippen LogP contribution in [0, 0.1) is 0 Å². The lowest BCUT2D eigenvalue weighted by atomic mass is 9.91. The van der Waals surface area contributed by atoms with Gasteiger partial charge in [-0.3, -0.25) is 91.1 Å². The summed E-state index contributed by atoms with van der Waals surface area (Å²) in [5.74, 6) is -22.7. The summed E-state index contributed by atoms with van der Waals surface area (Å²) in [6.07, 6.45) is -9.41. The topological polar surface area (TPSA) is 749 Å². The first-order valence-electron chi connectivity index (χ1n) is 40.8. The summed E-state index contributed by atoms with van der Waals surface area (Å²) in [7, 11) is 0. The van der Waals surface area contributed by atoms with Gasteiger partial charge < -0.3 is 134 Å². The Balaban J connectivity index is 1.50. The summed E-state index contributed by atoms with van der Waals surface area (Å²) in [6, 6.07) is 2.89. The number of carbonyl (C=O) groups is 19. The summed E-state index contributed by atoms with van der Waals surface area (Å²) in [6.45, 7) is 4.74. The van der Waals surface area contributed by atoms with E-state index < -0.39 is 285 Å². The first kappa shape index (κ1) is 102. The Morgan fingerprint density at radius 2 is 1.13 bits per heavy atom. The predicted octanol–water partition coefficient (Wildman–Crippen LogP) is -6.94. The molecule has 1 aromatic heterocycles. The molecule has 1 saturated heterocycles. The van der Waals surface area contributed by atoms with Crippen LogP contribution in [0.5, 0.6) is 5.75 Å². The largest absolute Gasteiger partial charge is 0.492 e. The number of amides is 18. The molecule has 0 unspecified atom stereocenters. The number of carboxylic acid groups (broad SMARTS) is 1. The molecule has 1 aliphatic rings. The number of hydrogen-bond donors (Lipinski definition) is 24. The Bertz CT molecular complexity index is 4800. The first-order valence-corrected chi connectivity index (χ1v) is 41.9. The van der Waals surface area contributed by atoms with E-state index in [-0.39, 0.29) is 44.7 Å². The SMILES string of the molecule is CC(=O)N[C@H](C(=O)N[C@H]1CCSC[C@@H](C(=O)N[C@@H](Cc2ccc(OCCN)cc2)C(=O)N[C@@H](Cc2ccc3ccccc3c2)C(=O)N[C@@](C)(CCCCN)C(=O)N[C@@H](CCC(=O)O)C(=O)N[C@@H](CC(N)=O)C(=O)N[C@@H](CC(N)=O)C(N)=O)NC(=O)[C@H](CCC(N)=O)NC(=O)[C@H](Cc2c[nH]c3ccccc23)NC(=O)[C@H]([C@@H](C)O)NC(=O)[C@H](CCC(N)=O)NC1=O)[C@@H](C)O. The molecule has 0 bridgehead atoms. The fourth-order valence-electron chi connectivity index (χ4n) is 13.5. The van der Waals surface area contributed by atoms with E-state index >= 15 is 28.8 Å². The second-order valence-corrected chi connectivity index (χ2v) is 31.9. The summed E-state index contributed by atoms with van der Waals surface area (Å²) >= 11 is 0.809. The monoisotopic (exact) mass is 1790 g/mol. The van der Waals surface area contributed by atoms with Crippen LogP contribution in [-0.4, -0.2) is 254 Å². The van der Waals surface area contributed by atoms with Crippen molar-refractivity contribution >= 4 is 146 Å². The Hall–Kier alpha value is -13.4. The van der Waals surface area contributed by atoms with Crippen molar-refractivity contribution in [1.29, 1.82) is 0 Å². The molecule has 2 heterocycles. The van der Waals surface area contributed by atoms with Crippen LogP contribution in [0.15, 0.2) is 97.2 Å². The number of aromatic nitrogens is 1. The van der Waals surface area contributed by atoms with Crippen molar-refractivity contribution in [1.82, 2.24) is 74.1 Å². The fourth-order valence-corrected chi connectivity index (χ4v) is 14.5. The highest BCUT2D eigenvalue weighted by molar-refractivity contribution is 7.99. The smallest absolute Gasteiger partial charge is 0.303 e. The van der Waals surface area contributed by atoms with Crippen LogP contribution in [0.2, 0.25) is 0 Å². The number of aliphatic carboxylic acids is 1. The van der Waals surface area contributed by atoms with Gasteiger partial charge in [0.2, 0.25) is 106 Å². The number of carboxylic acids is 1.